The normalized spacial score (nSPS) is 10.5. The Balaban J connectivity index is 1.96. The number of carbonyl (C=O) groups excluding carboxylic acids is 1. The van der Waals surface area contributed by atoms with Gasteiger partial charge in [0.15, 0.2) is 5.78 Å². The second-order valence-electron chi connectivity index (χ2n) is 5.25. The van der Waals surface area contributed by atoms with E-state index in [9.17, 15) is 4.79 Å². The first-order valence-corrected chi connectivity index (χ1v) is 8.09. The van der Waals surface area contributed by atoms with Crippen molar-refractivity contribution in [2.75, 3.05) is 5.88 Å². The van der Waals surface area contributed by atoms with Gasteiger partial charge in [0.05, 0.1) is 0 Å². The quantitative estimate of drug-likeness (QED) is 0.369. The number of hydrogen-bond donors (Lipinski definition) is 0. The molecule has 0 heterocycles. The zero-order valence-corrected chi connectivity index (χ0v) is 13.0. The number of aryl methyl sites for hydroxylation is 1. The summed E-state index contributed by atoms with van der Waals surface area (Å²) in [7, 11) is 0. The van der Waals surface area contributed by atoms with Crippen LogP contribution in [0.3, 0.4) is 0 Å². The highest BCUT2D eigenvalue weighted by Gasteiger charge is 2.08. The van der Waals surface area contributed by atoms with E-state index in [0.717, 1.165) is 36.3 Å². The first kappa shape index (κ1) is 15.8. The van der Waals surface area contributed by atoms with E-state index in [1.807, 2.05) is 48.5 Å². The Hall–Kier alpha value is -1.60. The molecule has 2 rings (SSSR count). The van der Waals surface area contributed by atoms with E-state index >= 15 is 0 Å². The van der Waals surface area contributed by atoms with Gasteiger partial charge in [-0.15, -0.1) is 11.6 Å². The minimum absolute atomic E-state index is 0.0968. The van der Waals surface area contributed by atoms with Crippen molar-refractivity contribution in [3.05, 3.63) is 71.3 Å². The van der Waals surface area contributed by atoms with Crippen LogP contribution in [0.1, 0.15) is 47.2 Å². The van der Waals surface area contributed by atoms with Crippen LogP contribution in [0.2, 0.25) is 0 Å². The van der Waals surface area contributed by atoms with Gasteiger partial charge in [-0.2, -0.15) is 0 Å². The molecule has 0 amide bonds. The molecule has 0 aliphatic heterocycles. The molecule has 2 aromatic carbocycles. The summed E-state index contributed by atoms with van der Waals surface area (Å²) in [6, 6.07) is 17.4. The van der Waals surface area contributed by atoms with Crippen LogP contribution in [0.4, 0.5) is 0 Å². The Bertz CT molecular complexity index is 563. The highest BCUT2D eigenvalue weighted by Crippen LogP contribution is 2.14. The molecule has 0 aliphatic carbocycles. The Morgan fingerprint density at radius 2 is 1.52 bits per heavy atom. The van der Waals surface area contributed by atoms with Gasteiger partial charge in [-0.1, -0.05) is 61.4 Å². The molecule has 21 heavy (non-hydrogen) atoms. The van der Waals surface area contributed by atoms with Gasteiger partial charge < -0.3 is 0 Å². The summed E-state index contributed by atoms with van der Waals surface area (Å²) in [4.78, 5) is 12.4. The molecule has 0 fully saturated rings. The van der Waals surface area contributed by atoms with E-state index < -0.39 is 0 Å². The molecule has 0 aromatic heterocycles. The number of rotatable bonds is 8. The third-order valence-electron chi connectivity index (χ3n) is 3.57. The SMILES string of the molecule is O=C(c1ccccc1)c1cccc(CCCCCCCl)c1. The summed E-state index contributed by atoms with van der Waals surface area (Å²) in [5.41, 5.74) is 2.76. The van der Waals surface area contributed by atoms with Crippen LogP contribution in [0.15, 0.2) is 54.6 Å². The van der Waals surface area contributed by atoms with Gasteiger partial charge in [0, 0.05) is 17.0 Å². The first-order valence-electron chi connectivity index (χ1n) is 7.56. The van der Waals surface area contributed by atoms with Crippen molar-refractivity contribution in [1.82, 2.24) is 0 Å². The summed E-state index contributed by atoms with van der Waals surface area (Å²) in [5, 5.41) is 0. The number of ketones is 1. The molecule has 110 valence electrons. The maximum Gasteiger partial charge on any atom is 0.193 e. The molecule has 0 aliphatic rings. The van der Waals surface area contributed by atoms with E-state index in [2.05, 4.69) is 6.07 Å². The van der Waals surface area contributed by atoms with Crippen molar-refractivity contribution >= 4 is 17.4 Å². The molecule has 0 atom stereocenters. The summed E-state index contributed by atoms with van der Waals surface area (Å²) in [6.45, 7) is 0. The van der Waals surface area contributed by atoms with Crippen LogP contribution in [-0.2, 0) is 6.42 Å². The van der Waals surface area contributed by atoms with Gasteiger partial charge in [-0.05, 0) is 30.9 Å². The third kappa shape index (κ3) is 5.02. The summed E-state index contributed by atoms with van der Waals surface area (Å²) >= 11 is 5.67. The molecule has 2 heteroatoms. The van der Waals surface area contributed by atoms with E-state index in [1.54, 1.807) is 0 Å². The lowest BCUT2D eigenvalue weighted by atomic mass is 9.99. The van der Waals surface area contributed by atoms with Crippen molar-refractivity contribution in [2.24, 2.45) is 0 Å². The summed E-state index contributed by atoms with van der Waals surface area (Å²) in [6.07, 6.45) is 5.65. The van der Waals surface area contributed by atoms with Crippen molar-refractivity contribution in [2.45, 2.75) is 32.1 Å². The average Bonchev–Trinajstić information content (AvgIpc) is 2.55. The molecule has 0 spiro atoms. The van der Waals surface area contributed by atoms with Gasteiger partial charge >= 0.3 is 0 Å². The molecule has 2 aromatic rings. The Kier molecular flexibility index (Phi) is 6.49. The second kappa shape index (κ2) is 8.63. The fraction of sp³-hybridized carbons (Fsp3) is 0.316. The molecule has 0 unspecified atom stereocenters. The molecule has 0 bridgehead atoms. The van der Waals surface area contributed by atoms with Crippen LogP contribution >= 0.6 is 11.6 Å². The smallest absolute Gasteiger partial charge is 0.193 e. The van der Waals surface area contributed by atoms with E-state index in [-0.39, 0.29) is 5.78 Å². The lowest BCUT2D eigenvalue weighted by Crippen LogP contribution is -2.01. The second-order valence-corrected chi connectivity index (χ2v) is 5.63. The molecule has 0 saturated heterocycles. The number of benzene rings is 2. The fourth-order valence-electron chi connectivity index (χ4n) is 2.40. The largest absolute Gasteiger partial charge is 0.289 e. The van der Waals surface area contributed by atoms with E-state index in [1.165, 1.54) is 18.4 Å². The molecule has 1 nitrogen and oxygen atoms in total. The topological polar surface area (TPSA) is 17.1 Å². The number of halogens is 1. The summed E-state index contributed by atoms with van der Waals surface area (Å²) < 4.78 is 0. The van der Waals surface area contributed by atoms with Gasteiger partial charge in [-0.25, -0.2) is 0 Å². The average molecular weight is 301 g/mol. The number of carbonyl (C=O) groups is 1. The van der Waals surface area contributed by atoms with E-state index in [4.69, 9.17) is 11.6 Å². The van der Waals surface area contributed by atoms with Crippen LogP contribution in [0.25, 0.3) is 0 Å². The van der Waals surface area contributed by atoms with Crippen LogP contribution in [0.5, 0.6) is 0 Å². The van der Waals surface area contributed by atoms with Crippen LogP contribution in [0, 0.1) is 0 Å². The van der Waals surface area contributed by atoms with E-state index in [0.29, 0.717) is 0 Å². The van der Waals surface area contributed by atoms with Gasteiger partial charge in [0.25, 0.3) is 0 Å². The molecule has 0 N–H and O–H groups in total. The third-order valence-corrected chi connectivity index (χ3v) is 3.84. The number of unbranched alkanes of at least 4 members (excludes halogenated alkanes) is 3. The standard InChI is InChI=1S/C19H21ClO/c20-14-7-2-1-4-9-16-10-8-13-18(15-16)19(21)17-11-5-3-6-12-17/h3,5-6,8,10-13,15H,1-2,4,7,9,14H2. The Labute approximate surface area is 132 Å². The first-order chi connectivity index (χ1) is 10.3. The minimum atomic E-state index is 0.0968. The zero-order valence-electron chi connectivity index (χ0n) is 12.2. The predicted octanol–water partition coefficient (Wildman–Crippen LogP) is 5.26. The maximum atomic E-state index is 12.4. The molecular formula is C19H21ClO. The highest BCUT2D eigenvalue weighted by atomic mass is 35.5. The van der Waals surface area contributed by atoms with Crippen LogP contribution in [-0.4, -0.2) is 11.7 Å². The van der Waals surface area contributed by atoms with Gasteiger partial charge in [-0.3, -0.25) is 4.79 Å². The molecular weight excluding hydrogens is 280 g/mol. The maximum absolute atomic E-state index is 12.4. The van der Waals surface area contributed by atoms with Crippen molar-refractivity contribution < 1.29 is 4.79 Å². The van der Waals surface area contributed by atoms with Crippen molar-refractivity contribution in [3.8, 4) is 0 Å². The van der Waals surface area contributed by atoms with Gasteiger partial charge in [0.2, 0.25) is 0 Å². The summed E-state index contributed by atoms with van der Waals surface area (Å²) in [5.74, 6) is 0.848. The fourth-order valence-corrected chi connectivity index (χ4v) is 2.59. The lowest BCUT2D eigenvalue weighted by molar-refractivity contribution is 0.103. The molecule has 0 saturated carbocycles. The Morgan fingerprint density at radius 3 is 2.29 bits per heavy atom. The Morgan fingerprint density at radius 1 is 0.810 bits per heavy atom. The van der Waals surface area contributed by atoms with Crippen molar-refractivity contribution in [3.63, 3.8) is 0 Å². The van der Waals surface area contributed by atoms with Crippen LogP contribution < -0.4 is 0 Å². The predicted molar refractivity (Wildman–Crippen MR) is 89.2 cm³/mol. The zero-order chi connectivity index (χ0) is 14.9. The minimum Gasteiger partial charge on any atom is -0.289 e. The highest BCUT2D eigenvalue weighted by molar-refractivity contribution is 6.17. The van der Waals surface area contributed by atoms with Crippen molar-refractivity contribution in [1.29, 1.82) is 0 Å². The van der Waals surface area contributed by atoms with Gasteiger partial charge in [0.1, 0.15) is 0 Å². The lowest BCUT2D eigenvalue weighted by Gasteiger charge is -2.05. The number of hydrogen-bond acceptors (Lipinski definition) is 1. The molecule has 0 radical (unpaired) electrons. The monoisotopic (exact) mass is 300 g/mol. The number of alkyl halides is 1.